The number of rotatable bonds is 5. The average Bonchev–Trinajstić information content (AvgIpc) is 2.64. The maximum atomic E-state index is 6.01. The van der Waals surface area contributed by atoms with E-state index in [2.05, 4.69) is 43.3 Å². The lowest BCUT2D eigenvalue weighted by Gasteiger charge is -2.34. The molecule has 4 nitrogen and oxygen atoms in total. The molecule has 1 atom stereocenters. The number of ether oxygens (including phenoxy) is 1. The predicted octanol–water partition coefficient (Wildman–Crippen LogP) is 3.70. The molecule has 1 unspecified atom stereocenters. The fourth-order valence-corrected chi connectivity index (χ4v) is 3.23. The first-order chi connectivity index (χ1) is 12.0. The van der Waals surface area contributed by atoms with Crippen molar-refractivity contribution >= 4 is 5.96 Å². The van der Waals surface area contributed by atoms with Crippen molar-refractivity contribution < 1.29 is 4.74 Å². The fourth-order valence-electron chi connectivity index (χ4n) is 3.23. The highest BCUT2D eigenvalue weighted by Gasteiger charge is 2.28. The Morgan fingerprint density at radius 2 is 1.92 bits per heavy atom. The Balaban J connectivity index is 1.71. The van der Waals surface area contributed by atoms with Crippen molar-refractivity contribution in [3.05, 3.63) is 54.1 Å². The highest BCUT2D eigenvalue weighted by atomic mass is 16.5. The first-order valence-corrected chi connectivity index (χ1v) is 8.79. The highest BCUT2D eigenvalue weighted by molar-refractivity contribution is 5.78. The topological polar surface area (TPSA) is 50.9 Å². The molecule has 132 valence electrons. The van der Waals surface area contributed by atoms with Crippen molar-refractivity contribution in [2.24, 2.45) is 10.7 Å². The van der Waals surface area contributed by atoms with Gasteiger partial charge in [0.05, 0.1) is 12.6 Å². The first-order valence-electron chi connectivity index (χ1n) is 8.79. The van der Waals surface area contributed by atoms with Gasteiger partial charge in [-0.15, -0.1) is 0 Å². The number of nitrogens with zero attached hydrogens (tertiary/aromatic N) is 2. The molecular formula is C21H27N3O. The molecule has 3 rings (SSSR count). The zero-order valence-corrected chi connectivity index (χ0v) is 15.3. The molecule has 1 aliphatic heterocycles. The van der Waals surface area contributed by atoms with Crippen LogP contribution in [0.15, 0.2) is 53.5 Å². The van der Waals surface area contributed by atoms with Crippen LogP contribution in [0.4, 0.5) is 0 Å². The molecule has 0 bridgehead atoms. The monoisotopic (exact) mass is 337 g/mol. The molecule has 0 radical (unpaired) electrons. The van der Waals surface area contributed by atoms with Crippen LogP contribution in [-0.4, -0.2) is 37.1 Å². The van der Waals surface area contributed by atoms with Gasteiger partial charge >= 0.3 is 0 Å². The van der Waals surface area contributed by atoms with Crippen LogP contribution in [0, 0.1) is 0 Å². The van der Waals surface area contributed by atoms with E-state index in [0.29, 0.717) is 5.96 Å². The number of aliphatic imine (C=N–C) groups is 1. The number of hydrogen-bond donors (Lipinski definition) is 1. The number of aryl methyl sites for hydroxylation is 1. The minimum Gasteiger partial charge on any atom is -0.497 e. The Labute approximate surface area is 150 Å². The van der Waals surface area contributed by atoms with Crippen molar-refractivity contribution in [3.63, 3.8) is 0 Å². The summed E-state index contributed by atoms with van der Waals surface area (Å²) in [6, 6.07) is 16.9. The molecule has 1 aliphatic rings. The molecule has 0 fully saturated rings. The van der Waals surface area contributed by atoms with Crippen LogP contribution in [0.1, 0.15) is 25.3 Å². The third kappa shape index (κ3) is 4.13. The summed E-state index contributed by atoms with van der Waals surface area (Å²) in [7, 11) is 3.69. The standard InChI is InChI=1S/C21H27N3O/c1-21(13-14-24(2)20(22)23-21)12-11-16-5-4-6-18(15-16)17-7-9-19(25-3)10-8-17/h4-10,15H,11-14H2,1-3H3,(H2,22,23). The third-order valence-electron chi connectivity index (χ3n) is 5.06. The molecule has 0 saturated carbocycles. The number of nitrogens with two attached hydrogens (primary N) is 1. The van der Waals surface area contributed by atoms with Crippen LogP contribution in [0.25, 0.3) is 11.1 Å². The Bertz CT molecular complexity index is 754. The van der Waals surface area contributed by atoms with E-state index >= 15 is 0 Å². The van der Waals surface area contributed by atoms with E-state index in [1.54, 1.807) is 7.11 Å². The summed E-state index contributed by atoms with van der Waals surface area (Å²) < 4.78 is 5.24. The summed E-state index contributed by atoms with van der Waals surface area (Å²) in [5.41, 5.74) is 9.72. The normalized spacial score (nSPS) is 20.3. The maximum absolute atomic E-state index is 6.01. The second-order valence-electron chi connectivity index (χ2n) is 7.07. The molecule has 0 aliphatic carbocycles. The molecule has 2 N–H and O–H groups in total. The molecule has 25 heavy (non-hydrogen) atoms. The number of methoxy groups -OCH3 is 1. The molecule has 0 amide bonds. The molecular weight excluding hydrogens is 310 g/mol. The molecule has 4 heteroatoms. The predicted molar refractivity (Wildman–Crippen MR) is 104 cm³/mol. The molecule has 2 aromatic rings. The number of hydrogen-bond acceptors (Lipinski definition) is 4. The van der Waals surface area contributed by atoms with Crippen LogP contribution in [0.5, 0.6) is 5.75 Å². The summed E-state index contributed by atoms with van der Waals surface area (Å²) in [6.07, 6.45) is 3.05. The van der Waals surface area contributed by atoms with Gasteiger partial charge in [0, 0.05) is 13.6 Å². The van der Waals surface area contributed by atoms with Gasteiger partial charge in [0.1, 0.15) is 5.75 Å². The van der Waals surface area contributed by atoms with E-state index in [4.69, 9.17) is 15.5 Å². The molecule has 0 aromatic heterocycles. The summed E-state index contributed by atoms with van der Waals surface area (Å²) in [5.74, 6) is 1.53. The Kier molecular flexibility index (Phi) is 4.98. The van der Waals surface area contributed by atoms with Gasteiger partial charge in [-0.1, -0.05) is 36.4 Å². The Hall–Kier alpha value is -2.49. The lowest BCUT2D eigenvalue weighted by molar-refractivity contribution is 0.317. The zero-order valence-electron chi connectivity index (χ0n) is 15.3. The fraction of sp³-hybridized carbons (Fsp3) is 0.381. The largest absolute Gasteiger partial charge is 0.497 e. The SMILES string of the molecule is COc1ccc(-c2cccc(CCC3(C)CCN(C)C(N)=N3)c2)cc1. The van der Waals surface area contributed by atoms with Gasteiger partial charge in [-0.3, -0.25) is 0 Å². The van der Waals surface area contributed by atoms with E-state index < -0.39 is 0 Å². The maximum Gasteiger partial charge on any atom is 0.191 e. The third-order valence-corrected chi connectivity index (χ3v) is 5.06. The van der Waals surface area contributed by atoms with E-state index in [1.165, 1.54) is 16.7 Å². The Morgan fingerprint density at radius 3 is 2.60 bits per heavy atom. The minimum absolute atomic E-state index is 0.0628. The van der Waals surface area contributed by atoms with Gasteiger partial charge < -0.3 is 15.4 Å². The van der Waals surface area contributed by atoms with E-state index in [-0.39, 0.29) is 5.54 Å². The van der Waals surface area contributed by atoms with Crippen LogP contribution in [-0.2, 0) is 6.42 Å². The Morgan fingerprint density at radius 1 is 1.16 bits per heavy atom. The average molecular weight is 337 g/mol. The molecule has 1 heterocycles. The number of benzene rings is 2. The van der Waals surface area contributed by atoms with Gasteiger partial charge in [0.15, 0.2) is 5.96 Å². The highest BCUT2D eigenvalue weighted by Crippen LogP contribution is 2.28. The van der Waals surface area contributed by atoms with Gasteiger partial charge in [0.2, 0.25) is 0 Å². The minimum atomic E-state index is -0.0628. The van der Waals surface area contributed by atoms with E-state index in [1.807, 2.05) is 24.1 Å². The van der Waals surface area contributed by atoms with Gasteiger partial charge in [-0.2, -0.15) is 0 Å². The van der Waals surface area contributed by atoms with Crippen molar-refractivity contribution in [2.75, 3.05) is 20.7 Å². The van der Waals surface area contributed by atoms with Gasteiger partial charge in [-0.05, 0) is 55.0 Å². The van der Waals surface area contributed by atoms with Crippen molar-refractivity contribution in [2.45, 2.75) is 31.7 Å². The van der Waals surface area contributed by atoms with E-state index in [9.17, 15) is 0 Å². The van der Waals surface area contributed by atoms with Crippen LogP contribution in [0.2, 0.25) is 0 Å². The molecule has 2 aromatic carbocycles. The summed E-state index contributed by atoms with van der Waals surface area (Å²) >= 11 is 0. The van der Waals surface area contributed by atoms with E-state index in [0.717, 1.165) is 31.6 Å². The summed E-state index contributed by atoms with van der Waals surface area (Å²) in [6.45, 7) is 3.18. The number of guanidine groups is 1. The van der Waals surface area contributed by atoms with Crippen LogP contribution < -0.4 is 10.5 Å². The molecule has 0 spiro atoms. The summed E-state index contributed by atoms with van der Waals surface area (Å²) in [5, 5.41) is 0. The lowest BCUT2D eigenvalue weighted by Crippen LogP contribution is -2.45. The summed E-state index contributed by atoms with van der Waals surface area (Å²) in [4.78, 5) is 6.74. The van der Waals surface area contributed by atoms with Crippen molar-refractivity contribution in [3.8, 4) is 16.9 Å². The lowest BCUT2D eigenvalue weighted by atomic mass is 9.89. The zero-order chi connectivity index (χ0) is 17.9. The second kappa shape index (κ2) is 7.18. The second-order valence-corrected chi connectivity index (χ2v) is 7.07. The molecule has 0 saturated heterocycles. The van der Waals surface area contributed by atoms with Crippen molar-refractivity contribution in [1.82, 2.24) is 4.90 Å². The van der Waals surface area contributed by atoms with Crippen LogP contribution >= 0.6 is 0 Å². The van der Waals surface area contributed by atoms with Gasteiger partial charge in [0.25, 0.3) is 0 Å². The van der Waals surface area contributed by atoms with Gasteiger partial charge in [-0.25, -0.2) is 4.99 Å². The first kappa shape index (κ1) is 17.3. The van der Waals surface area contributed by atoms with Crippen LogP contribution in [0.3, 0.4) is 0 Å². The quantitative estimate of drug-likeness (QED) is 0.905. The smallest absolute Gasteiger partial charge is 0.191 e. The van der Waals surface area contributed by atoms with Crippen molar-refractivity contribution in [1.29, 1.82) is 0 Å².